The van der Waals surface area contributed by atoms with Gasteiger partial charge >= 0.3 is 0 Å². The number of phenolic OH excluding ortho intramolecular Hbond substituents is 2. The van der Waals surface area contributed by atoms with E-state index in [-0.39, 0.29) is 32.9 Å². The van der Waals surface area contributed by atoms with Crippen LogP contribution in [0.15, 0.2) is 251 Å². The van der Waals surface area contributed by atoms with E-state index in [1.54, 1.807) is 103 Å². The van der Waals surface area contributed by atoms with Crippen molar-refractivity contribution in [2.75, 3.05) is 9.44 Å². The second-order valence-electron chi connectivity index (χ2n) is 20.8. The number of hydrogen-bond acceptors (Lipinski definition) is 10. The van der Waals surface area contributed by atoms with Crippen LogP contribution in [0.1, 0.15) is 11.1 Å². The number of aryl methyl sites for hydroxylation is 2. The average Bonchev–Trinajstić information content (AvgIpc) is 2.31. The lowest BCUT2D eigenvalue weighted by Gasteiger charge is -2.12. The molecule has 6 aromatic heterocycles. The van der Waals surface area contributed by atoms with Gasteiger partial charge in [-0.05, 0) is 167 Å². The molecule has 0 aliphatic heterocycles. The van der Waals surface area contributed by atoms with Crippen molar-refractivity contribution < 1.29 is 36.4 Å². The molecule has 6 heterocycles. The van der Waals surface area contributed by atoms with Crippen molar-refractivity contribution in [1.82, 2.24) is 19.0 Å². The van der Waals surface area contributed by atoms with Crippen LogP contribution in [0.2, 0.25) is 0 Å². The molecule has 0 bridgehead atoms. The van der Waals surface area contributed by atoms with Crippen LogP contribution >= 0.6 is 0 Å². The Morgan fingerprint density at radius 2 is 0.988 bits per heavy atom. The lowest BCUT2D eigenvalue weighted by atomic mass is 9.97. The Morgan fingerprint density at radius 1 is 0.465 bits per heavy atom. The quantitative estimate of drug-likeness (QED) is 0.0645. The summed E-state index contributed by atoms with van der Waals surface area (Å²) >= 11 is 0. The number of nitrogens with one attached hydrogen (secondary N) is 2. The first-order chi connectivity index (χ1) is 41.7. The van der Waals surface area contributed by atoms with E-state index < -0.39 is 20.0 Å². The lowest BCUT2D eigenvalue weighted by Crippen LogP contribution is -2.36. The summed E-state index contributed by atoms with van der Waals surface area (Å²) in [5, 5.41) is 36.3. The molecule has 0 saturated heterocycles. The van der Waals surface area contributed by atoms with Gasteiger partial charge in [-0.25, -0.2) is 26.8 Å². The summed E-state index contributed by atoms with van der Waals surface area (Å²) in [6.45, 7) is 0. The van der Waals surface area contributed by atoms with E-state index in [2.05, 4.69) is 63.1 Å². The Balaban J connectivity index is 0.854. The summed E-state index contributed by atoms with van der Waals surface area (Å²) in [6, 6.07) is 66.2. The maximum absolute atomic E-state index is 14.2. The number of hydrogen-bond donors (Lipinski definition) is 4. The first kappa shape index (κ1) is 53.0. The summed E-state index contributed by atoms with van der Waals surface area (Å²) in [4.78, 5) is 8.41. The van der Waals surface area contributed by atoms with Gasteiger partial charge in [-0.1, -0.05) is 78.9 Å². The van der Waals surface area contributed by atoms with Crippen LogP contribution < -0.4 is 29.2 Å². The Bertz CT molecular complexity index is 5410. The molecule has 0 aliphatic rings. The second-order valence-corrected chi connectivity index (χ2v) is 24.2. The Labute approximate surface area is 492 Å². The number of pyridine rings is 2. The minimum Gasteiger partial charge on any atom is -0.508 e. The highest BCUT2D eigenvalue weighted by molar-refractivity contribution is 7.93. The standard InChI is InChI=1S/C68H48N10O6S2/c1-75-63(41-65-56(58-38-50(79)27-32-61(58)77(65)75)36-43-16-25-49(26-17-43)71-72-60-13-9-11-44-10-3-4-12-54(44)60)46-20-18-45(19-21-46)55-40-53(86(83,84)74-68-15-6-8-35-70-68)31-24-48(55)37-57-59-39-51(80)28-33-62(59)78-66(57)42-64(76(78)2)47-22-29-52(30-23-47)85(81,82)73-67-14-5-7-34-69-67/h3-42H,1-2H3,(H2-,69,70,73,74,79)/p+2. The molecule has 0 spiro atoms. The largest absolute Gasteiger partial charge is 0.508 e. The fraction of sp³-hybridized carbons (Fsp3) is 0.0294. The molecule has 14 rings (SSSR count). The van der Waals surface area contributed by atoms with Crippen LogP contribution in [0, 0.1) is 0 Å². The Morgan fingerprint density at radius 3 is 1.58 bits per heavy atom. The molecule has 0 radical (unpaired) electrons. The maximum Gasteiger partial charge on any atom is 0.263 e. The summed E-state index contributed by atoms with van der Waals surface area (Å²) in [5.41, 5.74) is 11.2. The molecule has 418 valence electrons. The third kappa shape index (κ3) is 9.63. The molecule has 0 fully saturated rings. The zero-order valence-electron chi connectivity index (χ0n) is 46.0. The van der Waals surface area contributed by atoms with Gasteiger partial charge in [0, 0.05) is 62.2 Å². The fourth-order valence-electron chi connectivity index (χ4n) is 11.4. The van der Waals surface area contributed by atoms with E-state index >= 15 is 0 Å². The van der Waals surface area contributed by atoms with Gasteiger partial charge in [-0.3, -0.25) is 9.44 Å². The number of sulfonamides is 2. The van der Waals surface area contributed by atoms with Gasteiger partial charge in [0.15, 0.2) is 14.1 Å². The van der Waals surface area contributed by atoms with Crippen molar-refractivity contribution in [2.45, 2.75) is 9.79 Å². The molecule has 0 aliphatic carbocycles. The molecule has 8 aromatic carbocycles. The molecule has 0 atom stereocenters. The number of anilines is 2. The van der Waals surface area contributed by atoms with E-state index in [4.69, 9.17) is 0 Å². The van der Waals surface area contributed by atoms with Crippen molar-refractivity contribution in [3.8, 4) is 45.1 Å². The number of aromatic hydroxyl groups is 2. The van der Waals surface area contributed by atoms with Crippen molar-refractivity contribution in [3.63, 3.8) is 0 Å². The van der Waals surface area contributed by atoms with Gasteiger partial charge in [-0.15, -0.1) is 23.5 Å². The van der Waals surface area contributed by atoms with E-state index in [0.29, 0.717) is 16.8 Å². The van der Waals surface area contributed by atoms with Gasteiger partial charge in [0.2, 0.25) is 11.4 Å². The number of fused-ring (bicyclic) bond motifs is 7. The number of azo groups is 1. The van der Waals surface area contributed by atoms with Gasteiger partial charge in [0.05, 0.1) is 21.2 Å². The van der Waals surface area contributed by atoms with E-state index in [1.165, 1.54) is 12.4 Å². The first-order valence-corrected chi connectivity index (χ1v) is 30.3. The van der Waals surface area contributed by atoms with Gasteiger partial charge in [0.1, 0.15) is 45.2 Å². The molecule has 4 N–H and O–H groups in total. The number of nitrogens with zero attached hydrogens (tertiary/aromatic N) is 8. The molecule has 0 unspecified atom stereocenters. The molecular formula is C68H50N10O6S2+2. The van der Waals surface area contributed by atoms with E-state index in [0.717, 1.165) is 93.4 Å². The zero-order valence-corrected chi connectivity index (χ0v) is 47.6. The van der Waals surface area contributed by atoms with E-state index in [1.807, 2.05) is 126 Å². The van der Waals surface area contributed by atoms with Crippen molar-refractivity contribution in [1.29, 1.82) is 0 Å². The molecular weight excluding hydrogens is 1120 g/mol. The smallest absolute Gasteiger partial charge is 0.263 e. The summed E-state index contributed by atoms with van der Waals surface area (Å²) in [7, 11) is -4.16. The number of aromatic nitrogens is 6. The van der Waals surface area contributed by atoms with Crippen molar-refractivity contribution >= 4 is 98.8 Å². The molecule has 16 nitrogen and oxygen atoms in total. The Kier molecular flexibility index (Phi) is 12.9. The first-order valence-electron chi connectivity index (χ1n) is 27.3. The zero-order chi connectivity index (χ0) is 58.8. The predicted molar refractivity (Wildman–Crippen MR) is 334 cm³/mol. The monoisotopic (exact) mass is 1170 g/mol. The van der Waals surface area contributed by atoms with Gasteiger partial charge in [-0.2, -0.15) is 5.11 Å². The summed E-state index contributed by atoms with van der Waals surface area (Å²) < 4.78 is 68.5. The Hall–Kier alpha value is -11.1. The van der Waals surface area contributed by atoms with Gasteiger partial charge < -0.3 is 10.2 Å². The van der Waals surface area contributed by atoms with Crippen LogP contribution in [-0.4, -0.2) is 46.0 Å². The molecule has 0 amide bonds. The fourth-order valence-corrected chi connectivity index (χ4v) is 13.4. The topological polar surface area (TPSA) is 200 Å². The van der Waals surface area contributed by atoms with Gasteiger partial charge in [0.25, 0.3) is 20.0 Å². The number of phenols is 2. The molecule has 14 aromatic rings. The number of benzene rings is 8. The van der Waals surface area contributed by atoms with Crippen LogP contribution in [0.25, 0.3) is 89.4 Å². The summed E-state index contributed by atoms with van der Waals surface area (Å²) in [5.74, 6) is 0.599. The highest BCUT2D eigenvalue weighted by Crippen LogP contribution is 2.34. The third-order valence-corrected chi connectivity index (χ3v) is 18.2. The highest BCUT2D eigenvalue weighted by atomic mass is 32.2. The number of rotatable bonds is 13. The van der Waals surface area contributed by atoms with E-state index in [9.17, 15) is 27.0 Å². The minimum atomic E-state index is -4.14. The molecule has 86 heavy (non-hydrogen) atoms. The SMILES string of the molecule is C[n+]1c(-c2ccc(-c3cc(S(=O)(=O)Nc4ccccn4)ccc3C=c3c4cc(O)ccc4n4c3cc(-c3ccc(S(=O)(=O)Nc5ccccn5)cc3)[n+]4C)cc2)cc2c(=Cc3ccc(N=Nc4cccc5ccccc45)cc3)c3cc(O)ccc3n21. The second kappa shape index (κ2) is 21.0. The third-order valence-electron chi connectivity index (χ3n) is 15.5. The predicted octanol–water partition coefficient (Wildman–Crippen LogP) is 11.6. The van der Waals surface area contributed by atoms with Crippen LogP contribution in [0.4, 0.5) is 23.0 Å². The van der Waals surface area contributed by atoms with Crippen LogP contribution in [-0.2, 0) is 34.1 Å². The lowest BCUT2D eigenvalue weighted by molar-refractivity contribution is -0.725. The average molecular weight is 1170 g/mol. The summed E-state index contributed by atoms with van der Waals surface area (Å²) in [6.07, 6.45) is 7.13. The highest BCUT2D eigenvalue weighted by Gasteiger charge is 2.26. The minimum absolute atomic E-state index is 0.0193. The maximum atomic E-state index is 14.2. The van der Waals surface area contributed by atoms with Crippen molar-refractivity contribution in [3.05, 3.63) is 252 Å². The van der Waals surface area contributed by atoms with Crippen LogP contribution in [0.3, 0.4) is 0 Å². The van der Waals surface area contributed by atoms with Crippen molar-refractivity contribution in [2.24, 2.45) is 24.3 Å². The molecule has 0 saturated carbocycles. The normalized spacial score (nSPS) is 12.7. The molecule has 18 heteroatoms. The van der Waals surface area contributed by atoms with Crippen LogP contribution in [0.5, 0.6) is 11.5 Å².